The van der Waals surface area contributed by atoms with Crippen LogP contribution in [0.4, 0.5) is 0 Å². The molecule has 0 aromatic heterocycles. The maximum Gasteiger partial charge on any atom is -0.147 e. The Kier molecular flexibility index (Phi) is 17.0. The Hall–Kier alpha value is 1.89. The van der Waals surface area contributed by atoms with Crippen molar-refractivity contribution in [3.63, 3.8) is 0 Å². The van der Waals surface area contributed by atoms with Gasteiger partial charge in [0.15, 0.2) is 0 Å². The average molecular weight is 348 g/mol. The third-order valence-electron chi connectivity index (χ3n) is 0.798. The smallest absolute Gasteiger partial charge is 0.147 e. The Morgan fingerprint density at radius 1 is 1.00 bits per heavy atom. The van der Waals surface area contributed by atoms with Gasteiger partial charge in [-0.3, -0.25) is 0 Å². The summed E-state index contributed by atoms with van der Waals surface area (Å²) in [6.45, 7) is 10.3. The summed E-state index contributed by atoms with van der Waals surface area (Å²) < 4.78 is 11.0. The van der Waals surface area contributed by atoms with Crippen molar-refractivity contribution in [3.05, 3.63) is 0 Å². The molecule has 0 bridgehead atoms. The van der Waals surface area contributed by atoms with Gasteiger partial charge in [0.25, 0.3) is 0 Å². The molecule has 0 aliphatic rings. The van der Waals surface area contributed by atoms with Crippen LogP contribution in [0.3, 0.4) is 0 Å². The molecular weight excluding hydrogens is 330 g/mol. The van der Waals surface area contributed by atoms with Gasteiger partial charge < -0.3 is 0 Å². The van der Waals surface area contributed by atoms with Crippen LogP contribution in [0.5, 0.6) is 0 Å². The molecule has 0 saturated carbocycles. The normalized spacial score (nSPS) is 10.5. The van der Waals surface area contributed by atoms with Crippen LogP contribution in [0.1, 0.15) is 20.8 Å². The monoisotopic (exact) mass is 345 g/mol. The fraction of sp³-hybridized carbons (Fsp3) is 1.00. The predicted molar refractivity (Wildman–Crippen MR) is 61.1 cm³/mol. The zero-order valence-corrected chi connectivity index (χ0v) is 14.4. The van der Waals surface area contributed by atoms with Crippen LogP contribution < -0.4 is 0 Å². The molecule has 0 spiro atoms. The molecule has 0 radical (unpaired) electrons. The fourth-order valence-corrected chi connectivity index (χ4v) is 2.58. The zero-order valence-electron chi connectivity index (χ0n) is 8.54. The first kappa shape index (κ1) is 24.2. The first-order chi connectivity index (χ1) is 4.27. The van der Waals surface area contributed by atoms with Crippen molar-refractivity contribution in [1.29, 1.82) is 0 Å². The van der Waals surface area contributed by atoms with Gasteiger partial charge in [0.1, 0.15) is 0 Å². The molecule has 0 N–H and O–H groups in total. The van der Waals surface area contributed by atoms with Gasteiger partial charge in [-0.15, -0.1) is 37.2 Å². The van der Waals surface area contributed by atoms with Gasteiger partial charge in [-0.25, -0.2) is 0 Å². The van der Waals surface area contributed by atoms with E-state index in [2.05, 4.69) is 33.9 Å². The van der Waals surface area contributed by atoms with E-state index in [9.17, 15) is 0 Å². The summed E-state index contributed by atoms with van der Waals surface area (Å²) in [7, 11) is -1.77. The molecule has 0 aliphatic carbocycles. The third kappa shape index (κ3) is 16.6. The van der Waals surface area contributed by atoms with Crippen LogP contribution >= 0.6 is 37.2 Å². The van der Waals surface area contributed by atoms with Crippen molar-refractivity contribution in [2.24, 2.45) is 0 Å². The van der Waals surface area contributed by atoms with E-state index in [0.29, 0.717) is 0 Å². The third-order valence-corrected chi connectivity index (χ3v) is 6.02. The van der Waals surface area contributed by atoms with Crippen LogP contribution in [0.2, 0.25) is 13.1 Å². The van der Waals surface area contributed by atoms with E-state index in [-0.39, 0.29) is 42.8 Å². The van der Waals surface area contributed by atoms with E-state index in [4.69, 9.17) is 6.93 Å². The summed E-state index contributed by atoms with van der Waals surface area (Å²) >= 11 is 1.10. The van der Waals surface area contributed by atoms with Crippen LogP contribution in [0.25, 0.3) is 0 Å². The second kappa shape index (κ2) is 9.14. The summed E-state index contributed by atoms with van der Waals surface area (Å²) in [5, 5.41) is 0. The van der Waals surface area contributed by atoms with E-state index in [0.717, 1.165) is 25.2 Å². The fourth-order valence-electron chi connectivity index (χ4n) is 0.758. The molecule has 83 valence electrons. The van der Waals surface area contributed by atoms with Gasteiger partial charge >= 0.3 is 80.1 Å². The minimum atomic E-state index is -1.77. The van der Waals surface area contributed by atoms with E-state index in [1.54, 1.807) is 0 Å². The zero-order chi connectivity index (χ0) is 8.41. The van der Waals surface area contributed by atoms with Crippen LogP contribution in [0.15, 0.2) is 0 Å². The first-order valence-corrected chi connectivity index (χ1v) is 7.14. The quantitative estimate of drug-likeness (QED) is 0.714. The molecule has 13 heavy (non-hydrogen) atoms. The summed E-state index contributed by atoms with van der Waals surface area (Å²) in [6.07, 6.45) is 0. The molecule has 0 saturated heterocycles. The molecule has 7 heteroatoms. The van der Waals surface area contributed by atoms with Crippen LogP contribution in [-0.4, -0.2) is 14.2 Å². The van der Waals surface area contributed by atoms with Gasteiger partial charge in [0.2, 0.25) is 0 Å². The van der Waals surface area contributed by atoms with Crippen LogP contribution in [-0.2, 0) is 32.1 Å². The van der Waals surface area contributed by atoms with Gasteiger partial charge in [-0.2, -0.15) is 0 Å². The molecule has 0 rings (SSSR count). The minimum absolute atomic E-state index is 0. The van der Waals surface area contributed by atoms with Gasteiger partial charge in [-0.1, -0.05) is 0 Å². The SMILES string of the molecule is CC(C)(C)O[Si](C)(C)[O][Zr].Cl.Cl.Cl. The largest absolute Gasteiger partial charge is 0.147 e. The van der Waals surface area contributed by atoms with Gasteiger partial charge in [-0.05, 0) is 0 Å². The maximum absolute atomic E-state index is 5.71. The summed E-state index contributed by atoms with van der Waals surface area (Å²) in [5.74, 6) is 0. The summed E-state index contributed by atoms with van der Waals surface area (Å²) in [5.41, 5.74) is -0.0632. The van der Waals surface area contributed by atoms with Crippen molar-refractivity contribution < 1.29 is 32.1 Å². The summed E-state index contributed by atoms with van der Waals surface area (Å²) in [6, 6.07) is 0. The summed E-state index contributed by atoms with van der Waals surface area (Å²) in [4.78, 5) is 0. The van der Waals surface area contributed by atoms with Crippen molar-refractivity contribution in [2.45, 2.75) is 39.5 Å². The number of halogens is 3. The Morgan fingerprint density at radius 3 is 1.38 bits per heavy atom. The second-order valence-corrected chi connectivity index (χ2v) is 8.43. The standard InChI is InChI=1S/C6H15O2Si.3ClH.Zr/c1-6(2,3)8-9(4,5)7;;;;/h1-5H3;3*1H;/q-1;;;;+1. The van der Waals surface area contributed by atoms with E-state index < -0.39 is 8.56 Å². The van der Waals surface area contributed by atoms with Gasteiger partial charge in [0.05, 0.1) is 0 Å². The van der Waals surface area contributed by atoms with Crippen molar-refractivity contribution in [2.75, 3.05) is 0 Å². The molecule has 0 aliphatic heterocycles. The van der Waals surface area contributed by atoms with Crippen LogP contribution in [0, 0.1) is 0 Å². The maximum atomic E-state index is 5.71. The van der Waals surface area contributed by atoms with Crippen molar-refractivity contribution >= 4 is 45.8 Å². The topological polar surface area (TPSA) is 18.5 Å². The molecule has 2 nitrogen and oxygen atoms in total. The number of rotatable bonds is 2. The molecule has 0 atom stereocenters. The Bertz CT molecular complexity index is 119. The molecule has 0 aromatic carbocycles. The molecule has 0 amide bonds. The number of hydrogen-bond acceptors (Lipinski definition) is 2. The molecular formula is C6H18Cl3O2SiZr. The first-order valence-electron chi connectivity index (χ1n) is 3.32. The van der Waals surface area contributed by atoms with Crippen molar-refractivity contribution in [3.8, 4) is 0 Å². The van der Waals surface area contributed by atoms with Crippen molar-refractivity contribution in [1.82, 2.24) is 0 Å². The molecule has 0 fully saturated rings. The molecule has 0 aromatic rings. The predicted octanol–water partition coefficient (Wildman–Crippen LogP) is 3.25. The Balaban J connectivity index is -0.000000135. The van der Waals surface area contributed by atoms with Gasteiger partial charge in [0, 0.05) is 0 Å². The number of hydrogen-bond donors (Lipinski definition) is 0. The van der Waals surface area contributed by atoms with E-state index in [1.165, 1.54) is 0 Å². The Labute approximate surface area is 116 Å². The van der Waals surface area contributed by atoms with E-state index >= 15 is 0 Å². The average Bonchev–Trinajstić information content (AvgIpc) is 1.60. The minimum Gasteiger partial charge on any atom is -0.147 e. The second-order valence-electron chi connectivity index (χ2n) is 3.72. The molecule has 0 heterocycles. The Morgan fingerprint density at radius 2 is 1.31 bits per heavy atom. The van der Waals surface area contributed by atoms with E-state index in [1.807, 2.05) is 0 Å². The molecule has 0 unspecified atom stereocenters.